The van der Waals surface area contributed by atoms with Crippen molar-refractivity contribution in [3.63, 3.8) is 0 Å². The van der Waals surface area contributed by atoms with Gasteiger partial charge in [-0.25, -0.2) is 0 Å². The van der Waals surface area contributed by atoms with Crippen LogP contribution < -0.4 is 11.0 Å². The lowest BCUT2D eigenvalue weighted by Crippen LogP contribution is -1.84. The van der Waals surface area contributed by atoms with E-state index in [0.29, 0.717) is 0 Å². The summed E-state index contributed by atoms with van der Waals surface area (Å²) in [5.74, 6) is 0. The van der Waals surface area contributed by atoms with Crippen molar-refractivity contribution in [3.05, 3.63) is 36.4 Å². The molecule has 0 fully saturated rings. The van der Waals surface area contributed by atoms with Gasteiger partial charge in [-0.2, -0.15) is 0 Å². The molecule has 10 heavy (non-hydrogen) atoms. The molecule has 0 atom stereocenters. The Kier molecular flexibility index (Phi) is 5.88. The fourth-order valence-electron chi connectivity index (χ4n) is 0.385. The van der Waals surface area contributed by atoms with Crippen molar-refractivity contribution in [2.24, 2.45) is 11.0 Å². The molecule has 4 heteroatoms. The standard InChI is InChI=1S/C6H6.H4N2OP/c1-2-4-6-5-3-1;1-4(2)3/h1-6H;(H4,1,2,3)/q;+1. The Labute approximate surface area is 60.9 Å². The van der Waals surface area contributed by atoms with E-state index in [9.17, 15) is 0 Å². The van der Waals surface area contributed by atoms with E-state index in [4.69, 9.17) is 4.57 Å². The van der Waals surface area contributed by atoms with Crippen LogP contribution in [-0.2, 0) is 4.57 Å². The minimum atomic E-state index is -1.87. The van der Waals surface area contributed by atoms with Crippen molar-refractivity contribution in [1.82, 2.24) is 0 Å². The summed E-state index contributed by atoms with van der Waals surface area (Å²) < 4.78 is 9.15. The molecule has 54 valence electrons. The second-order valence-electron chi connectivity index (χ2n) is 1.51. The van der Waals surface area contributed by atoms with E-state index in [1.165, 1.54) is 0 Å². The molecule has 1 rings (SSSR count). The molecule has 0 aliphatic rings. The van der Waals surface area contributed by atoms with Crippen LogP contribution in [-0.4, -0.2) is 0 Å². The lowest BCUT2D eigenvalue weighted by atomic mass is 10.4. The van der Waals surface area contributed by atoms with E-state index < -0.39 is 8.10 Å². The molecule has 0 spiro atoms. The average Bonchev–Trinajstić information content (AvgIpc) is 1.90. The molecule has 4 N–H and O–H groups in total. The van der Waals surface area contributed by atoms with Crippen LogP contribution in [0.25, 0.3) is 0 Å². The maximum atomic E-state index is 9.15. The van der Waals surface area contributed by atoms with Crippen molar-refractivity contribution in [2.45, 2.75) is 0 Å². The summed E-state index contributed by atoms with van der Waals surface area (Å²) in [5, 5.41) is 0. The Morgan fingerprint density at radius 1 is 0.800 bits per heavy atom. The smallest absolute Gasteiger partial charge is 0.104 e. The van der Waals surface area contributed by atoms with Crippen LogP contribution >= 0.6 is 8.10 Å². The van der Waals surface area contributed by atoms with Crippen LogP contribution in [0, 0.1) is 0 Å². The second-order valence-corrected chi connectivity index (χ2v) is 2.23. The van der Waals surface area contributed by atoms with Crippen molar-refractivity contribution in [2.75, 3.05) is 0 Å². The maximum absolute atomic E-state index is 9.15. The van der Waals surface area contributed by atoms with Crippen LogP contribution in [0.3, 0.4) is 0 Å². The zero-order valence-electron chi connectivity index (χ0n) is 5.47. The predicted octanol–water partition coefficient (Wildman–Crippen LogP) is 1.25. The minimum absolute atomic E-state index is 1.87. The molecule has 0 aromatic heterocycles. The number of hydrogen-bond acceptors (Lipinski definition) is 1. The zero-order valence-corrected chi connectivity index (χ0v) is 6.37. The monoisotopic (exact) mass is 157 g/mol. The summed E-state index contributed by atoms with van der Waals surface area (Å²) in [7, 11) is -1.87. The summed E-state index contributed by atoms with van der Waals surface area (Å²) in [6.45, 7) is 0. The molecule has 1 aromatic carbocycles. The average molecular weight is 157 g/mol. The fraction of sp³-hybridized carbons (Fsp3) is 0. The Bertz CT molecular complexity index is 148. The SMILES string of the molecule is N[P+](N)=O.c1ccccc1. The lowest BCUT2D eigenvalue weighted by Gasteiger charge is -1.69. The first kappa shape index (κ1) is 9.24. The molecule has 3 nitrogen and oxygen atoms in total. The highest BCUT2D eigenvalue weighted by Gasteiger charge is 1.83. The number of benzene rings is 1. The molecule has 0 heterocycles. The third-order valence-corrected chi connectivity index (χ3v) is 0.667. The summed E-state index contributed by atoms with van der Waals surface area (Å²) in [6, 6.07) is 12.0. The summed E-state index contributed by atoms with van der Waals surface area (Å²) in [5.41, 5.74) is 8.80. The Balaban J connectivity index is 0.000000180. The highest BCUT2D eigenvalue weighted by atomic mass is 31.1. The normalized spacial score (nSPS) is 7.40. The van der Waals surface area contributed by atoms with Gasteiger partial charge in [-0.3, -0.25) is 0 Å². The van der Waals surface area contributed by atoms with Gasteiger partial charge in [-0.1, -0.05) is 36.4 Å². The van der Waals surface area contributed by atoms with Gasteiger partial charge in [0.05, 0.1) is 0 Å². The van der Waals surface area contributed by atoms with Gasteiger partial charge in [0, 0.05) is 0 Å². The van der Waals surface area contributed by atoms with Gasteiger partial charge >= 0.3 is 8.10 Å². The van der Waals surface area contributed by atoms with Crippen molar-refractivity contribution < 1.29 is 4.57 Å². The first-order chi connectivity index (χ1) is 4.73. The van der Waals surface area contributed by atoms with Gasteiger partial charge in [-0.15, -0.1) is 11.0 Å². The third-order valence-electron chi connectivity index (χ3n) is 0.667. The molecular weight excluding hydrogens is 147 g/mol. The first-order valence-electron chi connectivity index (χ1n) is 2.70. The quantitative estimate of drug-likeness (QED) is 0.557. The van der Waals surface area contributed by atoms with Gasteiger partial charge in [0.1, 0.15) is 0 Å². The Hall–Kier alpha value is -0.760. The topological polar surface area (TPSA) is 69.1 Å². The maximum Gasteiger partial charge on any atom is 0.526 e. The van der Waals surface area contributed by atoms with Crippen molar-refractivity contribution >= 4 is 8.10 Å². The molecule has 0 aliphatic carbocycles. The predicted molar refractivity (Wildman–Crippen MR) is 42.4 cm³/mol. The highest BCUT2D eigenvalue weighted by molar-refractivity contribution is 7.39. The van der Waals surface area contributed by atoms with Crippen LogP contribution in [0.15, 0.2) is 36.4 Å². The highest BCUT2D eigenvalue weighted by Crippen LogP contribution is 1.82. The third kappa shape index (κ3) is 10.3. The van der Waals surface area contributed by atoms with E-state index in [2.05, 4.69) is 11.0 Å². The van der Waals surface area contributed by atoms with E-state index in [-0.39, 0.29) is 0 Å². The molecular formula is C6H10N2OP+. The summed E-state index contributed by atoms with van der Waals surface area (Å²) in [4.78, 5) is 0. The fourth-order valence-corrected chi connectivity index (χ4v) is 0.385. The van der Waals surface area contributed by atoms with Gasteiger partial charge in [-0.05, 0) is 4.57 Å². The van der Waals surface area contributed by atoms with Crippen LogP contribution in [0.5, 0.6) is 0 Å². The van der Waals surface area contributed by atoms with Crippen molar-refractivity contribution in [3.8, 4) is 0 Å². The molecule has 0 saturated carbocycles. The van der Waals surface area contributed by atoms with E-state index in [1.54, 1.807) is 0 Å². The van der Waals surface area contributed by atoms with Crippen LogP contribution in [0.4, 0.5) is 0 Å². The number of rotatable bonds is 0. The largest absolute Gasteiger partial charge is 0.526 e. The van der Waals surface area contributed by atoms with Gasteiger partial charge in [0.2, 0.25) is 0 Å². The molecule has 0 saturated heterocycles. The van der Waals surface area contributed by atoms with E-state index in [1.807, 2.05) is 36.4 Å². The second kappa shape index (κ2) is 6.36. The molecule has 0 aliphatic heterocycles. The Morgan fingerprint density at radius 2 is 0.900 bits per heavy atom. The van der Waals surface area contributed by atoms with Crippen LogP contribution in [0.1, 0.15) is 0 Å². The Morgan fingerprint density at radius 3 is 1.00 bits per heavy atom. The lowest BCUT2D eigenvalue weighted by molar-refractivity contribution is 0.589. The van der Waals surface area contributed by atoms with Crippen molar-refractivity contribution in [1.29, 1.82) is 0 Å². The van der Waals surface area contributed by atoms with Gasteiger partial charge < -0.3 is 0 Å². The number of nitrogens with two attached hydrogens (primary N) is 2. The van der Waals surface area contributed by atoms with Crippen LogP contribution in [0.2, 0.25) is 0 Å². The van der Waals surface area contributed by atoms with Gasteiger partial charge in [0.15, 0.2) is 0 Å². The molecule has 0 bridgehead atoms. The molecule has 1 aromatic rings. The molecule has 0 radical (unpaired) electrons. The number of hydrogen-bond donors (Lipinski definition) is 2. The molecule has 0 amide bonds. The van der Waals surface area contributed by atoms with E-state index in [0.717, 1.165) is 0 Å². The summed E-state index contributed by atoms with van der Waals surface area (Å²) in [6.07, 6.45) is 0. The molecule has 0 unspecified atom stereocenters. The minimum Gasteiger partial charge on any atom is -0.104 e. The van der Waals surface area contributed by atoms with E-state index >= 15 is 0 Å². The summed E-state index contributed by atoms with van der Waals surface area (Å²) >= 11 is 0. The zero-order chi connectivity index (χ0) is 7.82. The first-order valence-corrected chi connectivity index (χ1v) is 4.10. The van der Waals surface area contributed by atoms with Gasteiger partial charge in [0.25, 0.3) is 0 Å².